The maximum atomic E-state index is 13.2. The Labute approximate surface area is 423 Å². The standard InChI is InChI=1S/C48H75F9N3O6PS2.CH4/c1-33(2)60(34(3)4)67(65-25-11-22-58)66-32-35(31-61)12-9-10-29-68-69-43(5,6)21-26-62-37-14-16-38-36(30-37)13-15-40-39(38)19-20-44(7)41(40)17-18-42(44)63-27-23-59(8)24-28-64-45(46(49,50)51,47(52,53)54)48(55,56)57;/h14,16,30,33-35,39-42,61H,9-13,15,17-21,23-29,31-32H2,1-8H3;1H4/t35?,39?,40?,41?,42-,44-,67?;/m0./s1/i61D;1T. The van der Waals surface area contributed by atoms with Crippen molar-refractivity contribution in [2.45, 2.75) is 179 Å². The Morgan fingerprint density at radius 2 is 1.61 bits per heavy atom. The predicted molar refractivity (Wildman–Crippen MR) is 262 cm³/mol. The summed E-state index contributed by atoms with van der Waals surface area (Å²) in [4.78, 5) is 1.30. The van der Waals surface area contributed by atoms with E-state index >= 15 is 0 Å². The summed E-state index contributed by atoms with van der Waals surface area (Å²) < 4.78 is 163. The number of alkyl halides is 9. The van der Waals surface area contributed by atoms with Gasteiger partial charge in [-0.15, -0.1) is 0 Å². The number of ether oxygens (including phenoxy) is 3. The molecule has 5 unspecified atom stereocenters. The summed E-state index contributed by atoms with van der Waals surface area (Å²) in [5.74, 6) is 3.23. The number of aryl methyl sites for hydroxylation is 1. The van der Waals surface area contributed by atoms with E-state index in [0.717, 1.165) is 75.7 Å². The molecule has 0 saturated heterocycles. The molecular formula is C49H79F9N3O6PS2. The molecule has 3 aliphatic rings. The van der Waals surface area contributed by atoms with Gasteiger partial charge >= 0.3 is 24.1 Å². The Morgan fingerprint density at radius 3 is 2.24 bits per heavy atom. The number of hydrogen-bond donors (Lipinski definition) is 1. The summed E-state index contributed by atoms with van der Waals surface area (Å²) in [6.07, 6.45) is -10.6. The van der Waals surface area contributed by atoms with E-state index in [1.165, 1.54) is 30.5 Å². The second-order valence-corrected chi connectivity index (χ2v) is 24.8. The lowest BCUT2D eigenvalue weighted by Crippen LogP contribution is -2.68. The van der Waals surface area contributed by atoms with Gasteiger partial charge in [-0.05, 0) is 153 Å². The fourth-order valence-corrected chi connectivity index (χ4v) is 14.8. The molecule has 1 aromatic rings. The van der Waals surface area contributed by atoms with Crippen molar-refractivity contribution in [3.8, 4) is 11.8 Å². The van der Waals surface area contributed by atoms with Gasteiger partial charge in [-0.3, -0.25) is 0 Å². The van der Waals surface area contributed by atoms with Crippen molar-refractivity contribution >= 4 is 30.1 Å². The molecule has 0 amide bonds. The van der Waals surface area contributed by atoms with E-state index in [0.29, 0.717) is 44.0 Å². The smallest absolute Gasteiger partial charge is 0.435 e. The van der Waals surface area contributed by atoms with Crippen LogP contribution in [0.25, 0.3) is 0 Å². The van der Waals surface area contributed by atoms with E-state index in [4.69, 9.17) is 31.7 Å². The predicted octanol–water partition coefficient (Wildman–Crippen LogP) is 13.9. The zero-order valence-electron chi connectivity index (χ0n) is 44.4. The average molecular weight is 1080 g/mol. The lowest BCUT2D eigenvalue weighted by atomic mass is 9.55. The SMILES string of the molecule is [2H]OCC(CCCCSSC(C)(C)CCOc1ccc2c(c1)CCC1C2CC[C@@]2(C)C1CC[C@@H]2OCCN(C)CCOC(C(F)(F)F)(C(F)(F)F)C(F)(F)F)COP(OCCC#N)N(C(C)C)C(C)C.[3H]C. The number of benzene rings is 1. The highest BCUT2D eigenvalue weighted by molar-refractivity contribution is 8.77. The van der Waals surface area contributed by atoms with Gasteiger partial charge in [0, 0.05) is 49.6 Å². The largest absolute Gasteiger partial charge is 0.494 e. The van der Waals surface area contributed by atoms with Crippen molar-refractivity contribution in [2.75, 3.05) is 65.5 Å². The number of hydrogen-bond acceptors (Lipinski definition) is 11. The Hall–Kier alpha value is -1.27. The third-order valence-corrected chi connectivity index (χ3v) is 19.6. The van der Waals surface area contributed by atoms with Crippen LogP contribution in [0.2, 0.25) is 0 Å². The van der Waals surface area contributed by atoms with E-state index in [-0.39, 0.29) is 54.0 Å². The minimum atomic E-state index is -6.75. The summed E-state index contributed by atoms with van der Waals surface area (Å²) in [6.45, 7) is 14.9. The molecule has 4 rings (SSSR count). The third-order valence-electron chi connectivity index (χ3n) is 14.1. The van der Waals surface area contributed by atoms with E-state index in [9.17, 15) is 39.5 Å². The second-order valence-electron chi connectivity index (χ2n) is 20.2. The van der Waals surface area contributed by atoms with Crippen LogP contribution in [0.15, 0.2) is 18.2 Å². The quantitative estimate of drug-likeness (QED) is 0.0345. The first-order chi connectivity index (χ1) is 33.7. The van der Waals surface area contributed by atoms with Crippen molar-refractivity contribution in [3.05, 3.63) is 29.3 Å². The van der Waals surface area contributed by atoms with E-state index < -0.39 is 45.8 Å². The summed E-state index contributed by atoms with van der Waals surface area (Å²) in [7, 11) is 5.02. The minimum Gasteiger partial charge on any atom is -0.494 e. The molecule has 7 atom stereocenters. The van der Waals surface area contributed by atoms with E-state index in [2.05, 4.69) is 82.1 Å². The highest BCUT2D eigenvalue weighted by Crippen LogP contribution is 2.62. The molecule has 3 aliphatic carbocycles. The Balaban J connectivity index is 0.00000676. The first-order valence-electron chi connectivity index (χ1n) is 25.6. The maximum Gasteiger partial charge on any atom is 0.435 e. The average Bonchev–Trinajstić information content (AvgIpc) is 3.62. The number of unbranched alkanes of at least 4 members (excludes halogenated alkanes) is 1. The third kappa shape index (κ3) is 16.4. The van der Waals surface area contributed by atoms with Crippen LogP contribution < -0.4 is 4.74 Å². The monoisotopic (exact) mass is 1070 g/mol. The molecule has 0 aliphatic heterocycles. The lowest BCUT2D eigenvalue weighted by Gasteiger charge is -2.50. The molecule has 0 aromatic heterocycles. The Kier molecular flexibility index (Phi) is 23.4. The fraction of sp³-hybridized carbons (Fsp3) is 0.857. The van der Waals surface area contributed by atoms with Crippen molar-refractivity contribution < 1.29 is 69.3 Å². The topological polar surface area (TPSA) is 96.6 Å². The van der Waals surface area contributed by atoms with Gasteiger partial charge in [0.25, 0.3) is 8.53 Å². The molecule has 21 heteroatoms. The van der Waals surface area contributed by atoms with Crippen LogP contribution in [0.3, 0.4) is 0 Å². The zero-order valence-corrected chi connectivity index (χ0v) is 44.9. The summed E-state index contributed by atoms with van der Waals surface area (Å²) >= 11 is 0. The lowest BCUT2D eigenvalue weighted by molar-refractivity contribution is -0.457. The number of nitriles is 1. The van der Waals surface area contributed by atoms with Crippen molar-refractivity contribution in [1.29, 1.82) is 6.69 Å². The van der Waals surface area contributed by atoms with Gasteiger partial charge in [0.1, 0.15) is 5.75 Å². The Morgan fingerprint density at radius 1 is 0.943 bits per heavy atom. The van der Waals surface area contributed by atoms with Gasteiger partial charge in [-0.2, -0.15) is 44.8 Å². The molecule has 406 valence electrons. The van der Waals surface area contributed by atoms with Crippen LogP contribution in [0.1, 0.15) is 138 Å². The Bertz CT molecular complexity index is 1740. The van der Waals surface area contributed by atoms with Gasteiger partial charge in [-0.1, -0.05) is 48.4 Å². The normalized spacial score (nSPS) is 23.3. The molecule has 9 nitrogen and oxygen atoms in total. The maximum absolute atomic E-state index is 13.2. The van der Waals surface area contributed by atoms with Crippen LogP contribution in [-0.2, 0) is 24.9 Å². The van der Waals surface area contributed by atoms with Crippen molar-refractivity contribution in [1.82, 2.24) is 9.57 Å². The van der Waals surface area contributed by atoms with Crippen molar-refractivity contribution in [2.24, 2.45) is 23.2 Å². The highest BCUT2D eigenvalue weighted by Gasteiger charge is 2.85. The number of aliphatic hydroxyl groups excluding tert-OH is 1. The number of rotatable bonds is 30. The van der Waals surface area contributed by atoms with Crippen LogP contribution in [-0.4, -0.2) is 129 Å². The number of likely N-dealkylation sites (N-methyl/N-ethyl adjacent to an activating group) is 1. The van der Waals surface area contributed by atoms with Crippen LogP contribution in [0.5, 0.6) is 5.75 Å². The minimum absolute atomic E-state index is 0.00154. The molecular weight excluding hydrogens is 993 g/mol. The van der Waals surface area contributed by atoms with Gasteiger partial charge < -0.3 is 33.3 Å². The van der Waals surface area contributed by atoms with Crippen molar-refractivity contribution in [3.63, 3.8) is 0 Å². The molecule has 2 saturated carbocycles. The van der Waals surface area contributed by atoms with Gasteiger partial charge in [0.05, 0.1) is 51.6 Å². The summed E-state index contributed by atoms with van der Waals surface area (Å²) in [5, 5.41) is 13.8. The highest BCUT2D eigenvalue weighted by atomic mass is 33.1. The van der Waals surface area contributed by atoms with Gasteiger partial charge in [-0.25, -0.2) is 4.67 Å². The molecule has 1 aromatic carbocycles. The second kappa shape index (κ2) is 27.5. The van der Waals surface area contributed by atoms with E-state index in [1.807, 2.05) is 21.6 Å². The first-order valence-corrected chi connectivity index (χ1v) is 27.7. The molecule has 1 N–H and O–H groups in total. The molecule has 0 spiro atoms. The molecule has 2 fully saturated rings. The summed E-state index contributed by atoms with van der Waals surface area (Å²) in [6, 6.07) is 9.05. The van der Waals surface area contributed by atoms with Gasteiger partial charge in [0.2, 0.25) is 1.43 Å². The van der Waals surface area contributed by atoms with E-state index in [1.54, 1.807) is 0 Å². The first kappa shape index (κ1) is 59.6. The number of fused-ring (bicyclic) bond motifs is 5. The fourth-order valence-electron chi connectivity index (χ4n) is 10.4. The van der Waals surface area contributed by atoms with Gasteiger partial charge in [0.15, 0.2) is 0 Å². The molecule has 70 heavy (non-hydrogen) atoms. The zero-order chi connectivity index (χ0) is 54.1. The molecule has 0 bridgehead atoms. The summed E-state index contributed by atoms with van der Waals surface area (Å²) in [5.41, 5.74) is -3.69. The van der Waals surface area contributed by atoms with Crippen LogP contribution in [0, 0.1) is 34.5 Å². The van der Waals surface area contributed by atoms with Crippen LogP contribution in [0.4, 0.5) is 39.5 Å². The number of halogens is 9. The molecule has 0 heterocycles. The number of nitrogens with zero attached hydrogens (tertiary/aromatic N) is 3. The number of aliphatic hydroxyl groups is 1. The molecule has 0 radical (unpaired) electrons. The van der Waals surface area contributed by atoms with Crippen LogP contribution >= 0.6 is 30.1 Å².